The van der Waals surface area contributed by atoms with Crippen LogP contribution in [0, 0.1) is 0 Å². The molecule has 0 rings (SSSR count). The largest absolute Gasteiger partial charge is 0.393 e. The van der Waals surface area contributed by atoms with Crippen LogP contribution in [-0.4, -0.2) is 11.2 Å². The van der Waals surface area contributed by atoms with Gasteiger partial charge in [-0.05, 0) is 33.1 Å². The minimum absolute atomic E-state index is 0.111. The summed E-state index contributed by atoms with van der Waals surface area (Å²) < 4.78 is 0. The van der Waals surface area contributed by atoms with Gasteiger partial charge in [-0.15, -0.1) is 0 Å². The van der Waals surface area contributed by atoms with Crippen molar-refractivity contribution in [3.05, 3.63) is 12.2 Å². The fraction of sp³-hybridized carbons (Fsp3) is 0.818. The van der Waals surface area contributed by atoms with E-state index in [1.165, 1.54) is 32.1 Å². The smallest absolute Gasteiger partial charge is 0.0512 e. The first-order valence-corrected chi connectivity index (χ1v) is 5.06. The van der Waals surface area contributed by atoms with Crippen LogP contribution in [0.5, 0.6) is 0 Å². The fourth-order valence-corrected chi connectivity index (χ4v) is 1.22. The number of allylic oxidation sites excluding steroid dienone is 2. The number of hydrogen-bond donors (Lipinski definition) is 1. The third-order valence-corrected chi connectivity index (χ3v) is 1.98. The van der Waals surface area contributed by atoms with E-state index in [1.54, 1.807) is 0 Å². The molecule has 0 spiro atoms. The molecule has 72 valence electrons. The second-order valence-corrected chi connectivity index (χ2v) is 3.41. The highest BCUT2D eigenvalue weighted by Gasteiger charge is 1.94. The third kappa shape index (κ3) is 9.70. The van der Waals surface area contributed by atoms with E-state index < -0.39 is 0 Å². The molecule has 0 saturated carbocycles. The van der Waals surface area contributed by atoms with Crippen molar-refractivity contribution in [1.82, 2.24) is 0 Å². The molecule has 0 bridgehead atoms. The maximum Gasteiger partial charge on any atom is 0.0512 e. The maximum absolute atomic E-state index is 8.98. The summed E-state index contributed by atoms with van der Waals surface area (Å²) in [6.07, 6.45) is 11.4. The SMILES string of the molecule is CC=CCCCCCCC(C)O. The van der Waals surface area contributed by atoms with Crippen molar-refractivity contribution in [3.63, 3.8) is 0 Å². The summed E-state index contributed by atoms with van der Waals surface area (Å²) in [7, 11) is 0. The third-order valence-electron chi connectivity index (χ3n) is 1.98. The molecule has 0 aliphatic rings. The van der Waals surface area contributed by atoms with Gasteiger partial charge in [-0.3, -0.25) is 0 Å². The summed E-state index contributed by atoms with van der Waals surface area (Å²) >= 11 is 0. The molecule has 0 aromatic carbocycles. The number of aliphatic hydroxyl groups excluding tert-OH is 1. The van der Waals surface area contributed by atoms with E-state index in [9.17, 15) is 0 Å². The van der Waals surface area contributed by atoms with Crippen molar-refractivity contribution in [2.45, 2.75) is 58.5 Å². The van der Waals surface area contributed by atoms with Crippen LogP contribution < -0.4 is 0 Å². The molecule has 1 atom stereocenters. The van der Waals surface area contributed by atoms with Gasteiger partial charge in [0.1, 0.15) is 0 Å². The van der Waals surface area contributed by atoms with Crippen LogP contribution in [0.15, 0.2) is 12.2 Å². The van der Waals surface area contributed by atoms with E-state index in [-0.39, 0.29) is 6.10 Å². The molecule has 1 heteroatoms. The van der Waals surface area contributed by atoms with Crippen molar-refractivity contribution in [1.29, 1.82) is 0 Å². The first-order chi connectivity index (χ1) is 5.77. The second kappa shape index (κ2) is 8.79. The zero-order chi connectivity index (χ0) is 9.23. The van der Waals surface area contributed by atoms with Gasteiger partial charge in [-0.25, -0.2) is 0 Å². The molecular weight excluding hydrogens is 148 g/mol. The monoisotopic (exact) mass is 170 g/mol. The average Bonchev–Trinajstić information content (AvgIpc) is 2.02. The lowest BCUT2D eigenvalue weighted by Gasteiger charge is -2.02. The molecule has 0 radical (unpaired) electrons. The van der Waals surface area contributed by atoms with E-state index in [1.807, 2.05) is 6.92 Å². The molecule has 0 saturated heterocycles. The van der Waals surface area contributed by atoms with E-state index >= 15 is 0 Å². The van der Waals surface area contributed by atoms with Gasteiger partial charge >= 0.3 is 0 Å². The Morgan fingerprint density at radius 1 is 1.17 bits per heavy atom. The molecule has 1 unspecified atom stereocenters. The number of unbranched alkanes of at least 4 members (excludes halogenated alkanes) is 4. The summed E-state index contributed by atoms with van der Waals surface area (Å²) in [5.74, 6) is 0. The van der Waals surface area contributed by atoms with Gasteiger partial charge < -0.3 is 5.11 Å². The molecule has 0 fully saturated rings. The summed E-state index contributed by atoms with van der Waals surface area (Å²) in [5.41, 5.74) is 0. The second-order valence-electron chi connectivity index (χ2n) is 3.41. The predicted octanol–water partition coefficient (Wildman–Crippen LogP) is 3.28. The van der Waals surface area contributed by atoms with Crippen molar-refractivity contribution in [2.75, 3.05) is 0 Å². The lowest BCUT2D eigenvalue weighted by Crippen LogP contribution is -1.97. The molecule has 0 aromatic heterocycles. The molecule has 0 aliphatic carbocycles. The Kier molecular flexibility index (Phi) is 8.57. The number of aliphatic hydroxyl groups is 1. The highest BCUT2D eigenvalue weighted by Crippen LogP contribution is 2.07. The summed E-state index contributed by atoms with van der Waals surface area (Å²) in [5, 5.41) is 8.98. The number of rotatable bonds is 7. The first kappa shape index (κ1) is 11.7. The normalized spacial score (nSPS) is 13.9. The van der Waals surface area contributed by atoms with E-state index in [2.05, 4.69) is 19.1 Å². The topological polar surface area (TPSA) is 20.2 Å². The Morgan fingerprint density at radius 2 is 1.83 bits per heavy atom. The zero-order valence-corrected chi connectivity index (χ0v) is 8.42. The van der Waals surface area contributed by atoms with Crippen molar-refractivity contribution < 1.29 is 5.11 Å². The molecule has 0 heterocycles. The Balaban J connectivity index is 2.91. The van der Waals surface area contributed by atoms with Crippen molar-refractivity contribution >= 4 is 0 Å². The minimum atomic E-state index is -0.111. The van der Waals surface area contributed by atoms with Gasteiger partial charge in [0.25, 0.3) is 0 Å². The predicted molar refractivity (Wildman–Crippen MR) is 54.2 cm³/mol. The molecule has 0 aromatic rings. The molecule has 1 N–H and O–H groups in total. The van der Waals surface area contributed by atoms with Crippen LogP contribution in [0.3, 0.4) is 0 Å². The molecule has 0 aliphatic heterocycles. The van der Waals surface area contributed by atoms with Gasteiger partial charge in [-0.2, -0.15) is 0 Å². The van der Waals surface area contributed by atoms with Gasteiger partial charge in [0.15, 0.2) is 0 Å². The highest BCUT2D eigenvalue weighted by atomic mass is 16.3. The minimum Gasteiger partial charge on any atom is -0.393 e. The summed E-state index contributed by atoms with van der Waals surface area (Å²) in [6, 6.07) is 0. The standard InChI is InChI=1S/C11H22O/c1-3-4-5-6-7-8-9-10-11(2)12/h3-4,11-12H,5-10H2,1-2H3. The van der Waals surface area contributed by atoms with Gasteiger partial charge in [0.05, 0.1) is 6.10 Å². The summed E-state index contributed by atoms with van der Waals surface area (Å²) in [6.45, 7) is 3.92. The van der Waals surface area contributed by atoms with Crippen LogP contribution in [0.4, 0.5) is 0 Å². The number of hydrogen-bond acceptors (Lipinski definition) is 1. The van der Waals surface area contributed by atoms with Crippen molar-refractivity contribution in [2.24, 2.45) is 0 Å². The summed E-state index contributed by atoms with van der Waals surface area (Å²) in [4.78, 5) is 0. The molecule has 1 nitrogen and oxygen atoms in total. The molecule has 12 heavy (non-hydrogen) atoms. The van der Waals surface area contributed by atoms with E-state index in [0.29, 0.717) is 0 Å². The zero-order valence-electron chi connectivity index (χ0n) is 8.42. The van der Waals surface area contributed by atoms with Gasteiger partial charge in [0.2, 0.25) is 0 Å². The van der Waals surface area contributed by atoms with Gasteiger partial charge in [0, 0.05) is 0 Å². The Bertz CT molecular complexity index is 106. The van der Waals surface area contributed by atoms with Crippen LogP contribution in [0.25, 0.3) is 0 Å². The molecule has 0 amide bonds. The lowest BCUT2D eigenvalue weighted by molar-refractivity contribution is 0.180. The van der Waals surface area contributed by atoms with Crippen molar-refractivity contribution in [3.8, 4) is 0 Å². The Labute approximate surface area is 76.5 Å². The fourth-order valence-electron chi connectivity index (χ4n) is 1.22. The quantitative estimate of drug-likeness (QED) is 0.459. The maximum atomic E-state index is 8.98. The van der Waals surface area contributed by atoms with Crippen LogP contribution in [0.2, 0.25) is 0 Å². The highest BCUT2D eigenvalue weighted by molar-refractivity contribution is 4.76. The average molecular weight is 170 g/mol. The Morgan fingerprint density at radius 3 is 2.42 bits per heavy atom. The van der Waals surface area contributed by atoms with Gasteiger partial charge in [-0.1, -0.05) is 31.4 Å². The van der Waals surface area contributed by atoms with Crippen LogP contribution >= 0.6 is 0 Å². The van der Waals surface area contributed by atoms with E-state index in [0.717, 1.165) is 6.42 Å². The Hall–Kier alpha value is -0.300. The van der Waals surface area contributed by atoms with E-state index in [4.69, 9.17) is 5.11 Å². The van der Waals surface area contributed by atoms with Crippen LogP contribution in [0.1, 0.15) is 52.4 Å². The lowest BCUT2D eigenvalue weighted by atomic mass is 10.1. The molecular formula is C11H22O. The van der Waals surface area contributed by atoms with Crippen LogP contribution in [-0.2, 0) is 0 Å². The first-order valence-electron chi connectivity index (χ1n) is 5.06.